The molecule has 8 atom stereocenters. The van der Waals surface area contributed by atoms with E-state index in [1.807, 2.05) is 0 Å². The third-order valence-electron chi connectivity index (χ3n) is 9.96. The van der Waals surface area contributed by atoms with Gasteiger partial charge in [-0.05, 0) is 91.3 Å². The molecule has 0 aromatic carbocycles. The summed E-state index contributed by atoms with van der Waals surface area (Å²) in [5.74, 6) is 7.67. The Morgan fingerprint density at radius 1 is 1.03 bits per heavy atom. The molecule has 0 aliphatic heterocycles. The third-order valence-corrected chi connectivity index (χ3v) is 9.96. The molecule has 3 aliphatic rings. The quantitative estimate of drug-likeness (QED) is 0.302. The number of nitroso groups, excluding NO2 is 1. The molecular formula is C27H45NO. The van der Waals surface area contributed by atoms with Crippen LogP contribution in [0.2, 0.25) is 0 Å². The van der Waals surface area contributed by atoms with Crippen molar-refractivity contribution < 1.29 is 0 Å². The van der Waals surface area contributed by atoms with E-state index in [9.17, 15) is 4.91 Å². The van der Waals surface area contributed by atoms with Crippen LogP contribution in [-0.4, -0.2) is 6.04 Å². The minimum absolute atomic E-state index is 0.0132. The number of fused-ring (bicyclic) bond motifs is 3. The van der Waals surface area contributed by atoms with Crippen LogP contribution < -0.4 is 0 Å². The van der Waals surface area contributed by atoms with Crippen LogP contribution in [0.1, 0.15) is 105 Å². The van der Waals surface area contributed by atoms with Gasteiger partial charge < -0.3 is 0 Å². The first kappa shape index (κ1) is 22.8. The molecule has 0 heterocycles. The van der Waals surface area contributed by atoms with E-state index >= 15 is 0 Å². The maximum atomic E-state index is 11.7. The summed E-state index contributed by atoms with van der Waals surface area (Å²) in [6, 6.07) is -0.0337. The average molecular weight is 400 g/mol. The van der Waals surface area contributed by atoms with Crippen molar-refractivity contribution in [3.8, 4) is 12.3 Å². The van der Waals surface area contributed by atoms with E-state index in [0.29, 0.717) is 11.3 Å². The van der Waals surface area contributed by atoms with Gasteiger partial charge in [0.1, 0.15) is 0 Å². The van der Waals surface area contributed by atoms with Crippen molar-refractivity contribution in [3.05, 3.63) is 4.91 Å². The summed E-state index contributed by atoms with van der Waals surface area (Å²) in [6.07, 6.45) is 19.2. The average Bonchev–Trinajstić information content (AvgIpc) is 3.03. The summed E-state index contributed by atoms with van der Waals surface area (Å²) in [5.41, 5.74) is 0.520. The fraction of sp³-hybridized carbons (Fsp3) is 0.926. The van der Waals surface area contributed by atoms with Gasteiger partial charge in [-0.25, -0.2) is 0 Å². The lowest BCUT2D eigenvalue weighted by molar-refractivity contribution is -0.0848. The van der Waals surface area contributed by atoms with Gasteiger partial charge in [-0.2, -0.15) is 4.91 Å². The monoisotopic (exact) mass is 399 g/mol. The fourth-order valence-corrected chi connectivity index (χ4v) is 8.33. The second-order valence-corrected chi connectivity index (χ2v) is 11.8. The van der Waals surface area contributed by atoms with Crippen LogP contribution in [0.4, 0.5) is 0 Å². The first-order valence-electron chi connectivity index (χ1n) is 12.5. The molecule has 3 fully saturated rings. The number of terminal acetylenes is 1. The van der Waals surface area contributed by atoms with Gasteiger partial charge in [-0.1, -0.05) is 59.1 Å². The van der Waals surface area contributed by atoms with Crippen LogP contribution in [-0.2, 0) is 0 Å². The van der Waals surface area contributed by atoms with Crippen LogP contribution in [0.5, 0.6) is 0 Å². The third kappa shape index (κ3) is 4.18. The number of hydrogen-bond acceptors (Lipinski definition) is 2. The lowest BCUT2D eigenvalue weighted by Gasteiger charge is -2.58. The zero-order chi connectivity index (χ0) is 21.2. The molecule has 0 amide bonds. The van der Waals surface area contributed by atoms with Gasteiger partial charge in [0, 0.05) is 6.42 Å². The van der Waals surface area contributed by atoms with E-state index in [4.69, 9.17) is 6.42 Å². The topological polar surface area (TPSA) is 29.4 Å². The molecule has 164 valence electrons. The highest BCUT2D eigenvalue weighted by Crippen LogP contribution is 2.66. The van der Waals surface area contributed by atoms with Crippen molar-refractivity contribution in [1.29, 1.82) is 0 Å². The molecule has 3 aliphatic carbocycles. The molecule has 0 N–H and O–H groups in total. The van der Waals surface area contributed by atoms with Crippen LogP contribution >= 0.6 is 0 Å². The molecule has 0 aromatic heterocycles. The van der Waals surface area contributed by atoms with E-state index in [-0.39, 0.29) is 11.5 Å². The van der Waals surface area contributed by atoms with Crippen molar-refractivity contribution >= 4 is 0 Å². The first-order valence-corrected chi connectivity index (χ1v) is 12.5. The Morgan fingerprint density at radius 3 is 2.45 bits per heavy atom. The fourth-order valence-electron chi connectivity index (χ4n) is 8.33. The Labute approximate surface area is 180 Å². The van der Waals surface area contributed by atoms with Gasteiger partial charge in [0.25, 0.3) is 0 Å². The highest BCUT2D eigenvalue weighted by atomic mass is 16.3. The zero-order valence-corrected chi connectivity index (χ0v) is 19.8. The Hall–Kier alpha value is -0.840. The molecule has 2 nitrogen and oxygen atoms in total. The predicted molar refractivity (Wildman–Crippen MR) is 123 cm³/mol. The molecule has 3 rings (SSSR count). The van der Waals surface area contributed by atoms with Gasteiger partial charge in [0.05, 0.1) is 6.04 Å². The second kappa shape index (κ2) is 9.11. The first-order chi connectivity index (χ1) is 13.8. The summed E-state index contributed by atoms with van der Waals surface area (Å²) in [5, 5.41) is 3.62. The molecule has 2 heteroatoms. The van der Waals surface area contributed by atoms with E-state index in [1.165, 1.54) is 51.4 Å². The summed E-state index contributed by atoms with van der Waals surface area (Å²) in [6.45, 7) is 12.2. The summed E-state index contributed by atoms with van der Waals surface area (Å²) in [4.78, 5) is 11.7. The predicted octanol–water partition coefficient (Wildman–Crippen LogP) is 7.86. The molecular weight excluding hydrogens is 354 g/mol. The Morgan fingerprint density at radius 2 is 1.79 bits per heavy atom. The molecule has 0 aromatic rings. The maximum absolute atomic E-state index is 11.7. The van der Waals surface area contributed by atoms with Crippen LogP contribution in [0.3, 0.4) is 0 Å². The summed E-state index contributed by atoms with van der Waals surface area (Å²) in [7, 11) is 0. The van der Waals surface area contributed by atoms with Crippen molar-refractivity contribution in [2.24, 2.45) is 51.5 Å². The Bertz CT molecular complexity index is 606. The maximum Gasteiger partial charge on any atom is 0.0976 e. The van der Waals surface area contributed by atoms with Crippen molar-refractivity contribution in [1.82, 2.24) is 0 Å². The van der Waals surface area contributed by atoms with Crippen molar-refractivity contribution in [2.75, 3.05) is 0 Å². The second-order valence-electron chi connectivity index (χ2n) is 11.8. The number of nitrogens with zero attached hydrogens (tertiary/aromatic N) is 1. The van der Waals surface area contributed by atoms with E-state index in [0.717, 1.165) is 48.9 Å². The molecule has 3 saturated carbocycles. The highest BCUT2D eigenvalue weighted by molar-refractivity contribution is 5.10. The number of hydrogen-bond donors (Lipinski definition) is 0. The molecule has 1 unspecified atom stereocenters. The van der Waals surface area contributed by atoms with Gasteiger partial charge >= 0.3 is 0 Å². The molecule has 0 saturated heterocycles. The van der Waals surface area contributed by atoms with Crippen LogP contribution in [0.15, 0.2) is 5.18 Å². The van der Waals surface area contributed by atoms with E-state index < -0.39 is 0 Å². The standard InChI is InChI=1S/C27H45NO/c1-7-8-17-27(6)24-16-18-26(5)22(20(4)11-9-10-19(2)3)13-14-23(26)21(24)12-15-25(27)28-29/h1,19-25H,8-18H2,2-6H3/t20-,21+,22-,23+,24+,25?,26-,27-/m1/s1. The van der Waals surface area contributed by atoms with Crippen molar-refractivity contribution in [2.45, 2.75) is 111 Å². The lowest BCUT2D eigenvalue weighted by Crippen LogP contribution is -2.53. The summed E-state index contributed by atoms with van der Waals surface area (Å²) >= 11 is 0. The molecule has 0 bridgehead atoms. The highest BCUT2D eigenvalue weighted by Gasteiger charge is 2.60. The smallest absolute Gasteiger partial charge is 0.0976 e. The number of rotatable bonds is 8. The van der Waals surface area contributed by atoms with Gasteiger partial charge in [0.15, 0.2) is 0 Å². The van der Waals surface area contributed by atoms with Gasteiger partial charge in [0.2, 0.25) is 0 Å². The SMILES string of the molecule is C#CCC[C@@]1(C)C(N=O)CC[C@H]2[C@@H]3CC[C@H]([C@H](C)CCCC(C)C)[C@@]3(C)CC[C@@H]21. The van der Waals surface area contributed by atoms with Crippen LogP contribution in [0.25, 0.3) is 0 Å². The zero-order valence-electron chi connectivity index (χ0n) is 19.8. The Balaban J connectivity index is 1.75. The molecule has 0 radical (unpaired) electrons. The van der Waals surface area contributed by atoms with Gasteiger partial charge in [-0.3, -0.25) is 0 Å². The summed E-state index contributed by atoms with van der Waals surface area (Å²) < 4.78 is 0. The van der Waals surface area contributed by atoms with Crippen molar-refractivity contribution in [3.63, 3.8) is 0 Å². The van der Waals surface area contributed by atoms with E-state index in [2.05, 4.69) is 45.7 Å². The minimum atomic E-state index is -0.0337. The Kier molecular flexibility index (Phi) is 7.18. The lowest BCUT2D eigenvalue weighted by atomic mass is 9.47. The molecule has 0 spiro atoms. The normalized spacial score (nSPS) is 42.7. The largest absolute Gasteiger partial charge is 0.150 e. The minimum Gasteiger partial charge on any atom is -0.150 e. The van der Waals surface area contributed by atoms with Crippen LogP contribution in [0, 0.1) is 63.6 Å². The van der Waals surface area contributed by atoms with E-state index in [1.54, 1.807) is 0 Å². The van der Waals surface area contributed by atoms with Gasteiger partial charge in [-0.15, -0.1) is 12.3 Å². The molecule has 29 heavy (non-hydrogen) atoms.